The van der Waals surface area contributed by atoms with E-state index in [9.17, 15) is 12.8 Å². The molecule has 0 saturated carbocycles. The van der Waals surface area contributed by atoms with E-state index in [1.54, 1.807) is 38.2 Å². The largest absolute Gasteiger partial charge is 0.252 e. The van der Waals surface area contributed by atoms with Gasteiger partial charge in [0.2, 0.25) is 0 Å². The summed E-state index contributed by atoms with van der Waals surface area (Å²) in [6, 6.07) is 8.92. The molecule has 20 heavy (non-hydrogen) atoms. The summed E-state index contributed by atoms with van der Waals surface area (Å²) in [6.45, 7) is 3.65. The molecule has 3 nitrogen and oxygen atoms in total. The SMILES string of the molecule is Cc1ccc(S(=O)(=O)N(C)[C@H](C)c2ccc(F)cc2)s1. The third-order valence-corrected chi connectivity index (χ3v) is 6.64. The number of thiophene rings is 1. The molecule has 1 atom stereocenters. The predicted octanol–water partition coefficient (Wildman–Crippen LogP) is 3.58. The first-order chi connectivity index (χ1) is 9.32. The lowest BCUT2D eigenvalue weighted by molar-refractivity contribution is 0.399. The lowest BCUT2D eigenvalue weighted by Crippen LogP contribution is -2.29. The molecule has 0 saturated heterocycles. The van der Waals surface area contributed by atoms with Crippen molar-refractivity contribution in [2.45, 2.75) is 24.1 Å². The first-order valence-corrected chi connectivity index (χ1v) is 8.38. The second kappa shape index (κ2) is 5.63. The minimum Gasteiger partial charge on any atom is -0.207 e. The van der Waals surface area contributed by atoms with Crippen LogP contribution >= 0.6 is 11.3 Å². The van der Waals surface area contributed by atoms with E-state index in [4.69, 9.17) is 0 Å². The molecule has 0 aliphatic heterocycles. The van der Waals surface area contributed by atoms with Crippen molar-refractivity contribution in [3.8, 4) is 0 Å². The number of hydrogen-bond acceptors (Lipinski definition) is 3. The Hall–Kier alpha value is -1.24. The van der Waals surface area contributed by atoms with Crippen molar-refractivity contribution in [2.75, 3.05) is 7.05 Å². The van der Waals surface area contributed by atoms with E-state index in [0.717, 1.165) is 10.4 Å². The van der Waals surface area contributed by atoms with Gasteiger partial charge in [0.1, 0.15) is 10.0 Å². The molecule has 1 heterocycles. The summed E-state index contributed by atoms with van der Waals surface area (Å²) < 4.78 is 39.5. The van der Waals surface area contributed by atoms with Crippen LogP contribution < -0.4 is 0 Å². The van der Waals surface area contributed by atoms with E-state index in [2.05, 4.69) is 0 Å². The van der Waals surface area contributed by atoms with Gasteiger partial charge in [-0.05, 0) is 43.7 Å². The Kier molecular flexibility index (Phi) is 4.27. The topological polar surface area (TPSA) is 37.4 Å². The van der Waals surface area contributed by atoms with Crippen LogP contribution in [0.4, 0.5) is 4.39 Å². The highest BCUT2D eigenvalue weighted by Crippen LogP contribution is 2.29. The molecule has 0 N–H and O–H groups in total. The first kappa shape index (κ1) is 15.2. The van der Waals surface area contributed by atoms with E-state index >= 15 is 0 Å². The van der Waals surface area contributed by atoms with Gasteiger partial charge in [0, 0.05) is 18.0 Å². The lowest BCUT2D eigenvalue weighted by Gasteiger charge is -2.24. The van der Waals surface area contributed by atoms with Crippen LogP contribution in [0.1, 0.15) is 23.4 Å². The Balaban J connectivity index is 2.30. The molecular formula is C14H16FNO2S2. The van der Waals surface area contributed by atoms with E-state index in [1.807, 2.05) is 6.92 Å². The minimum absolute atomic E-state index is 0.325. The molecule has 0 aliphatic rings. The highest BCUT2D eigenvalue weighted by molar-refractivity contribution is 7.91. The van der Waals surface area contributed by atoms with Crippen molar-refractivity contribution in [3.63, 3.8) is 0 Å². The van der Waals surface area contributed by atoms with Crippen LogP contribution in [0.3, 0.4) is 0 Å². The zero-order valence-corrected chi connectivity index (χ0v) is 13.1. The molecule has 1 aromatic carbocycles. The second-order valence-electron chi connectivity index (χ2n) is 4.61. The van der Waals surface area contributed by atoms with Crippen LogP contribution in [0.15, 0.2) is 40.6 Å². The molecule has 0 bridgehead atoms. The Morgan fingerprint density at radius 1 is 1.15 bits per heavy atom. The molecule has 0 amide bonds. The molecule has 2 aromatic rings. The average molecular weight is 313 g/mol. The molecular weight excluding hydrogens is 297 g/mol. The Bertz CT molecular complexity index is 692. The van der Waals surface area contributed by atoms with Crippen LogP contribution in [-0.4, -0.2) is 19.8 Å². The van der Waals surface area contributed by atoms with Crippen molar-refractivity contribution in [1.29, 1.82) is 0 Å². The van der Waals surface area contributed by atoms with Crippen LogP contribution in [0, 0.1) is 12.7 Å². The standard InChI is InChI=1S/C14H16FNO2S2/c1-10-4-9-14(19-10)20(17,18)16(3)11(2)12-5-7-13(15)8-6-12/h4-9,11H,1-3H3/t11-/m1/s1. The maximum absolute atomic E-state index is 12.9. The minimum atomic E-state index is -3.52. The predicted molar refractivity (Wildman–Crippen MR) is 78.8 cm³/mol. The maximum atomic E-state index is 12.9. The van der Waals surface area contributed by atoms with Gasteiger partial charge in [0.05, 0.1) is 0 Å². The van der Waals surface area contributed by atoms with E-state index in [1.165, 1.54) is 27.8 Å². The molecule has 0 aliphatic carbocycles. The van der Waals surface area contributed by atoms with Gasteiger partial charge < -0.3 is 0 Å². The lowest BCUT2D eigenvalue weighted by atomic mass is 10.1. The van der Waals surface area contributed by atoms with E-state index < -0.39 is 10.0 Å². The number of hydrogen-bond donors (Lipinski definition) is 0. The molecule has 2 rings (SSSR count). The smallest absolute Gasteiger partial charge is 0.207 e. The van der Waals surface area contributed by atoms with E-state index in [-0.39, 0.29) is 11.9 Å². The quantitative estimate of drug-likeness (QED) is 0.865. The third kappa shape index (κ3) is 2.92. The van der Waals surface area contributed by atoms with Crippen LogP contribution in [0.5, 0.6) is 0 Å². The highest BCUT2D eigenvalue weighted by atomic mass is 32.2. The summed E-state index contributed by atoms with van der Waals surface area (Å²) in [5, 5.41) is 0. The summed E-state index contributed by atoms with van der Waals surface area (Å²) in [5.74, 6) is -0.333. The number of halogens is 1. The Morgan fingerprint density at radius 2 is 1.75 bits per heavy atom. The fourth-order valence-electron chi connectivity index (χ4n) is 1.85. The summed E-state index contributed by atoms with van der Waals surface area (Å²) in [6.07, 6.45) is 0. The van der Waals surface area contributed by atoms with Gasteiger partial charge in [-0.2, -0.15) is 4.31 Å². The molecule has 6 heteroatoms. The Morgan fingerprint density at radius 3 is 2.25 bits per heavy atom. The van der Waals surface area contributed by atoms with Crippen LogP contribution in [0.25, 0.3) is 0 Å². The van der Waals surface area contributed by atoms with Crippen molar-refractivity contribution in [2.24, 2.45) is 0 Å². The molecule has 0 fully saturated rings. The molecule has 0 radical (unpaired) electrons. The van der Waals surface area contributed by atoms with Gasteiger partial charge in [-0.3, -0.25) is 0 Å². The van der Waals surface area contributed by atoms with Gasteiger partial charge in [0.25, 0.3) is 10.0 Å². The zero-order valence-electron chi connectivity index (χ0n) is 11.5. The van der Waals surface area contributed by atoms with Crippen molar-refractivity contribution in [1.82, 2.24) is 4.31 Å². The average Bonchev–Trinajstić information content (AvgIpc) is 2.85. The Labute approximate surface area is 122 Å². The number of nitrogens with zero attached hydrogens (tertiary/aromatic N) is 1. The molecule has 1 aromatic heterocycles. The van der Waals surface area contributed by atoms with Crippen molar-refractivity contribution >= 4 is 21.4 Å². The first-order valence-electron chi connectivity index (χ1n) is 6.12. The summed E-state index contributed by atoms with van der Waals surface area (Å²) in [7, 11) is -1.98. The van der Waals surface area contributed by atoms with Gasteiger partial charge in [-0.25, -0.2) is 12.8 Å². The van der Waals surface area contributed by atoms with Gasteiger partial charge in [0.15, 0.2) is 0 Å². The number of rotatable bonds is 4. The third-order valence-electron chi connectivity index (χ3n) is 3.25. The zero-order chi connectivity index (χ0) is 14.9. The van der Waals surface area contributed by atoms with Crippen molar-refractivity contribution in [3.05, 3.63) is 52.7 Å². The highest BCUT2D eigenvalue weighted by Gasteiger charge is 2.27. The maximum Gasteiger partial charge on any atom is 0.252 e. The molecule has 0 unspecified atom stereocenters. The number of aryl methyl sites for hydroxylation is 1. The van der Waals surface area contributed by atoms with Gasteiger partial charge >= 0.3 is 0 Å². The van der Waals surface area contributed by atoms with Gasteiger partial charge in [-0.1, -0.05) is 12.1 Å². The molecule has 0 spiro atoms. The van der Waals surface area contributed by atoms with Crippen LogP contribution in [0.2, 0.25) is 0 Å². The van der Waals surface area contributed by atoms with Crippen molar-refractivity contribution < 1.29 is 12.8 Å². The summed E-state index contributed by atoms with van der Waals surface area (Å²) >= 11 is 1.25. The molecule has 108 valence electrons. The van der Waals surface area contributed by atoms with E-state index in [0.29, 0.717) is 4.21 Å². The normalized spacial score (nSPS) is 13.7. The second-order valence-corrected chi connectivity index (χ2v) is 8.13. The van der Waals surface area contributed by atoms with Crippen LogP contribution in [-0.2, 0) is 10.0 Å². The van der Waals surface area contributed by atoms with Gasteiger partial charge in [-0.15, -0.1) is 11.3 Å². The number of benzene rings is 1. The number of sulfonamides is 1. The summed E-state index contributed by atoms with van der Waals surface area (Å²) in [4.78, 5) is 0.950. The monoisotopic (exact) mass is 313 g/mol. The summed E-state index contributed by atoms with van der Waals surface area (Å²) in [5.41, 5.74) is 0.755. The fraction of sp³-hybridized carbons (Fsp3) is 0.286. The fourth-order valence-corrected chi connectivity index (χ4v) is 4.67.